The molecule has 0 saturated heterocycles. The number of hydrogen-bond acceptors (Lipinski definition) is 4. The van der Waals surface area contributed by atoms with Crippen LogP contribution in [0.5, 0.6) is 0 Å². The van der Waals surface area contributed by atoms with Crippen molar-refractivity contribution in [2.45, 2.75) is 45.6 Å². The first-order chi connectivity index (χ1) is 16.7. The Labute approximate surface area is 210 Å². The summed E-state index contributed by atoms with van der Waals surface area (Å²) in [7, 11) is -1.08. The zero-order valence-electron chi connectivity index (χ0n) is 21.2. The summed E-state index contributed by atoms with van der Waals surface area (Å²) in [5.74, 6) is -0.642. The fourth-order valence-electron chi connectivity index (χ4n) is 3.71. The van der Waals surface area contributed by atoms with Crippen molar-refractivity contribution >= 4 is 27.7 Å². The molecule has 2 amide bonds. The number of carbonyl (C=O) groups is 2. The molecule has 1 atom stereocenters. The van der Waals surface area contributed by atoms with Crippen molar-refractivity contribution in [1.29, 1.82) is 0 Å². The summed E-state index contributed by atoms with van der Waals surface area (Å²) >= 11 is 0. The second-order valence-electron chi connectivity index (χ2n) is 8.52. The summed E-state index contributed by atoms with van der Waals surface area (Å²) in [6, 6.07) is 17.6. The number of anilines is 1. The van der Waals surface area contributed by atoms with E-state index in [0.717, 1.165) is 27.0 Å². The molecule has 0 fully saturated rings. The van der Waals surface area contributed by atoms with Gasteiger partial charge in [0.15, 0.2) is 0 Å². The van der Waals surface area contributed by atoms with Gasteiger partial charge in [-0.15, -0.1) is 0 Å². The Balaban J connectivity index is 2.36. The third-order valence-electron chi connectivity index (χ3n) is 5.76. The maximum absolute atomic E-state index is 13.7. The van der Waals surface area contributed by atoms with Gasteiger partial charge >= 0.3 is 10.2 Å². The number of nitrogens with one attached hydrogen (secondary N) is 1. The molecule has 0 heterocycles. The molecule has 0 aliphatic rings. The number of unbranched alkanes of at least 4 members (excludes halogenated alkanes) is 1. The van der Waals surface area contributed by atoms with Crippen LogP contribution >= 0.6 is 0 Å². The molecule has 9 heteroatoms. The number of benzene rings is 2. The van der Waals surface area contributed by atoms with Crippen molar-refractivity contribution in [1.82, 2.24) is 14.5 Å². The van der Waals surface area contributed by atoms with E-state index in [0.29, 0.717) is 31.6 Å². The zero-order valence-corrected chi connectivity index (χ0v) is 22.0. The predicted octanol–water partition coefficient (Wildman–Crippen LogP) is 3.07. The van der Waals surface area contributed by atoms with Crippen molar-refractivity contribution in [3.05, 3.63) is 66.2 Å². The topological polar surface area (TPSA) is 90.0 Å². The maximum atomic E-state index is 13.7. The summed E-state index contributed by atoms with van der Waals surface area (Å²) in [6.07, 6.45) is 2.77. The van der Waals surface area contributed by atoms with Crippen molar-refractivity contribution in [2.75, 3.05) is 38.0 Å². The van der Waals surface area contributed by atoms with E-state index in [1.165, 1.54) is 19.0 Å². The van der Waals surface area contributed by atoms with Crippen LogP contribution in [0.1, 0.15) is 38.7 Å². The number of para-hydroxylation sites is 1. The van der Waals surface area contributed by atoms with E-state index in [9.17, 15) is 18.0 Å². The minimum atomic E-state index is -3.94. The highest BCUT2D eigenvalue weighted by Crippen LogP contribution is 2.20. The van der Waals surface area contributed by atoms with Crippen LogP contribution < -0.4 is 9.62 Å². The van der Waals surface area contributed by atoms with Gasteiger partial charge in [-0.25, -0.2) is 4.31 Å². The molecular weight excluding hydrogens is 464 g/mol. The van der Waals surface area contributed by atoms with Gasteiger partial charge in [-0.05, 0) is 37.0 Å². The van der Waals surface area contributed by atoms with E-state index in [1.54, 1.807) is 30.3 Å². The molecule has 8 nitrogen and oxygen atoms in total. The van der Waals surface area contributed by atoms with E-state index < -0.39 is 28.7 Å². The van der Waals surface area contributed by atoms with Gasteiger partial charge < -0.3 is 10.2 Å². The number of hydrogen-bond donors (Lipinski definition) is 1. The standard InChI is InChI=1S/C26H38N4O4S/c1-5-7-19-27-26(32)24(6-2)29(20-18-22-14-10-8-11-15-22)25(31)21-30(35(33,34)28(3)4)23-16-12-9-13-17-23/h8-17,24H,5-7,18-21H2,1-4H3,(H,27,32)/t24-/m0/s1. The SMILES string of the molecule is CCCCNC(=O)[C@H](CC)N(CCc1ccccc1)C(=O)CN(c1ccccc1)S(=O)(=O)N(C)C. The smallest absolute Gasteiger partial charge is 0.304 e. The molecule has 0 unspecified atom stereocenters. The van der Waals surface area contributed by atoms with Crippen LogP contribution in [-0.2, 0) is 26.2 Å². The molecule has 0 aromatic heterocycles. The van der Waals surface area contributed by atoms with Crippen LogP contribution in [0, 0.1) is 0 Å². The van der Waals surface area contributed by atoms with Gasteiger partial charge in [0.2, 0.25) is 11.8 Å². The lowest BCUT2D eigenvalue weighted by molar-refractivity contribution is -0.139. The summed E-state index contributed by atoms with van der Waals surface area (Å²) < 4.78 is 28.4. The number of nitrogens with zero attached hydrogens (tertiary/aromatic N) is 3. The van der Waals surface area contributed by atoms with Gasteiger partial charge in [-0.2, -0.15) is 12.7 Å². The maximum Gasteiger partial charge on any atom is 0.304 e. The van der Waals surface area contributed by atoms with Crippen LogP contribution in [0.15, 0.2) is 60.7 Å². The molecule has 0 aliphatic heterocycles. The molecule has 0 bridgehead atoms. The Hall–Kier alpha value is -2.91. The average Bonchev–Trinajstić information content (AvgIpc) is 2.85. The van der Waals surface area contributed by atoms with Gasteiger partial charge in [-0.3, -0.25) is 9.59 Å². The Morgan fingerprint density at radius 3 is 2.09 bits per heavy atom. The monoisotopic (exact) mass is 502 g/mol. The van der Waals surface area contributed by atoms with Gasteiger partial charge in [-0.1, -0.05) is 68.8 Å². The first-order valence-electron chi connectivity index (χ1n) is 12.1. The number of rotatable bonds is 14. The lowest BCUT2D eigenvalue weighted by atomic mass is 10.1. The Morgan fingerprint density at radius 2 is 1.54 bits per heavy atom. The highest BCUT2D eigenvalue weighted by atomic mass is 32.2. The van der Waals surface area contributed by atoms with E-state index in [4.69, 9.17) is 0 Å². The molecule has 2 aromatic rings. The van der Waals surface area contributed by atoms with E-state index >= 15 is 0 Å². The van der Waals surface area contributed by atoms with Crippen molar-refractivity contribution in [2.24, 2.45) is 0 Å². The van der Waals surface area contributed by atoms with E-state index in [-0.39, 0.29) is 5.91 Å². The molecule has 0 spiro atoms. The van der Waals surface area contributed by atoms with E-state index in [2.05, 4.69) is 5.32 Å². The molecule has 0 radical (unpaired) electrons. The first-order valence-corrected chi connectivity index (χ1v) is 13.5. The van der Waals surface area contributed by atoms with Gasteiger partial charge in [0.1, 0.15) is 12.6 Å². The van der Waals surface area contributed by atoms with Crippen LogP contribution in [0.25, 0.3) is 0 Å². The molecule has 0 aliphatic carbocycles. The third-order valence-corrected chi connectivity index (χ3v) is 7.58. The summed E-state index contributed by atoms with van der Waals surface area (Å²) in [5, 5.41) is 2.93. The zero-order chi connectivity index (χ0) is 25.8. The third kappa shape index (κ3) is 8.07. The van der Waals surface area contributed by atoms with Gasteiger partial charge in [0.05, 0.1) is 5.69 Å². The molecule has 2 rings (SSSR count). The van der Waals surface area contributed by atoms with Crippen molar-refractivity contribution in [3.8, 4) is 0 Å². The normalized spacial score (nSPS) is 12.3. The van der Waals surface area contributed by atoms with Gasteiger partial charge in [0.25, 0.3) is 0 Å². The quantitative estimate of drug-likeness (QED) is 0.402. The second-order valence-corrected chi connectivity index (χ2v) is 10.6. The van der Waals surface area contributed by atoms with Crippen LogP contribution in [0.4, 0.5) is 5.69 Å². The number of amides is 2. The molecule has 35 heavy (non-hydrogen) atoms. The van der Waals surface area contributed by atoms with Crippen LogP contribution in [0.3, 0.4) is 0 Å². The Bertz CT molecular complexity index is 1030. The van der Waals surface area contributed by atoms with Crippen LogP contribution in [-0.4, -0.2) is 69.2 Å². The molecule has 1 N–H and O–H groups in total. The summed E-state index contributed by atoms with van der Waals surface area (Å²) in [5.41, 5.74) is 1.42. The lowest BCUT2D eigenvalue weighted by Crippen LogP contribution is -2.54. The summed E-state index contributed by atoms with van der Waals surface area (Å²) in [6.45, 7) is 4.34. The predicted molar refractivity (Wildman–Crippen MR) is 140 cm³/mol. The molecule has 0 saturated carbocycles. The molecular formula is C26H38N4O4S. The molecule has 192 valence electrons. The molecule has 2 aromatic carbocycles. The first kappa shape index (κ1) is 28.3. The largest absolute Gasteiger partial charge is 0.354 e. The highest BCUT2D eigenvalue weighted by Gasteiger charge is 2.33. The minimum Gasteiger partial charge on any atom is -0.354 e. The number of carbonyl (C=O) groups excluding carboxylic acids is 2. The van der Waals surface area contributed by atoms with E-state index in [1.807, 2.05) is 44.2 Å². The fraction of sp³-hybridized carbons (Fsp3) is 0.462. The lowest BCUT2D eigenvalue weighted by Gasteiger charge is -2.34. The van der Waals surface area contributed by atoms with Crippen LogP contribution in [0.2, 0.25) is 0 Å². The van der Waals surface area contributed by atoms with Crippen molar-refractivity contribution < 1.29 is 18.0 Å². The van der Waals surface area contributed by atoms with Gasteiger partial charge in [0, 0.05) is 27.2 Å². The van der Waals surface area contributed by atoms with Crippen molar-refractivity contribution in [3.63, 3.8) is 0 Å². The average molecular weight is 503 g/mol. The Morgan fingerprint density at radius 1 is 0.943 bits per heavy atom. The Kier molecular flexibility index (Phi) is 11.2. The second kappa shape index (κ2) is 13.8. The summed E-state index contributed by atoms with van der Waals surface area (Å²) in [4.78, 5) is 28.2. The minimum absolute atomic E-state index is 0.218. The highest BCUT2D eigenvalue weighted by molar-refractivity contribution is 7.90. The fourth-order valence-corrected chi connectivity index (χ4v) is 4.77.